The summed E-state index contributed by atoms with van der Waals surface area (Å²) in [4.78, 5) is 11.6. The van der Waals surface area contributed by atoms with Crippen LogP contribution in [-0.4, -0.2) is 29.8 Å². The molecule has 0 saturated carbocycles. The quantitative estimate of drug-likeness (QED) is 0.560. The zero-order chi connectivity index (χ0) is 15.0. The minimum atomic E-state index is -1.65. The van der Waals surface area contributed by atoms with Crippen LogP contribution in [0.1, 0.15) is 19.4 Å². The van der Waals surface area contributed by atoms with E-state index in [0.717, 1.165) is 5.56 Å². The van der Waals surface area contributed by atoms with Gasteiger partial charge >= 0.3 is 5.97 Å². The van der Waals surface area contributed by atoms with Gasteiger partial charge in [0.2, 0.25) is 8.46 Å². The SMILES string of the molecule is CCOC(OCC)(P=O)C(Cc1ccccc1)C(=O)O. The van der Waals surface area contributed by atoms with Gasteiger partial charge in [-0.25, -0.2) is 0 Å². The molecule has 110 valence electrons. The topological polar surface area (TPSA) is 72.8 Å². The number of benzene rings is 1. The zero-order valence-electron chi connectivity index (χ0n) is 11.6. The molecule has 0 saturated heterocycles. The molecular formula is C14H19O5P. The van der Waals surface area contributed by atoms with Gasteiger partial charge in [0.25, 0.3) is 5.53 Å². The first kappa shape index (κ1) is 16.8. The molecule has 0 spiro atoms. The molecule has 6 heteroatoms. The molecule has 20 heavy (non-hydrogen) atoms. The highest BCUT2D eigenvalue weighted by Crippen LogP contribution is 2.37. The highest BCUT2D eigenvalue weighted by Gasteiger charge is 2.46. The minimum Gasteiger partial charge on any atom is -0.481 e. The van der Waals surface area contributed by atoms with Crippen molar-refractivity contribution in [2.24, 2.45) is 5.92 Å². The Morgan fingerprint density at radius 2 is 1.80 bits per heavy atom. The van der Waals surface area contributed by atoms with Gasteiger partial charge in [-0.3, -0.25) is 9.36 Å². The van der Waals surface area contributed by atoms with E-state index in [1.165, 1.54) is 0 Å². The molecule has 0 aliphatic rings. The molecule has 0 aromatic heterocycles. The summed E-state index contributed by atoms with van der Waals surface area (Å²) in [5, 5.41) is 9.45. The van der Waals surface area contributed by atoms with E-state index in [4.69, 9.17) is 9.47 Å². The largest absolute Gasteiger partial charge is 0.481 e. The lowest BCUT2D eigenvalue weighted by molar-refractivity contribution is -0.209. The molecule has 0 aliphatic heterocycles. The van der Waals surface area contributed by atoms with E-state index in [2.05, 4.69) is 0 Å². The molecule has 0 aliphatic carbocycles. The van der Waals surface area contributed by atoms with Crippen LogP contribution in [0.5, 0.6) is 0 Å². The molecule has 1 rings (SSSR count). The van der Waals surface area contributed by atoms with Crippen LogP contribution in [0.4, 0.5) is 0 Å². The first-order valence-corrected chi connectivity index (χ1v) is 7.30. The van der Waals surface area contributed by atoms with Crippen LogP contribution in [0.25, 0.3) is 0 Å². The van der Waals surface area contributed by atoms with E-state index in [1.807, 2.05) is 30.3 Å². The first-order chi connectivity index (χ1) is 9.59. The van der Waals surface area contributed by atoms with E-state index in [1.54, 1.807) is 13.8 Å². The van der Waals surface area contributed by atoms with Crippen LogP contribution in [0, 0.1) is 5.92 Å². The van der Waals surface area contributed by atoms with Gasteiger partial charge in [-0.2, -0.15) is 0 Å². The summed E-state index contributed by atoms with van der Waals surface area (Å²) < 4.78 is 22.3. The Morgan fingerprint density at radius 3 is 2.20 bits per heavy atom. The number of hydrogen-bond donors (Lipinski definition) is 1. The molecule has 0 radical (unpaired) electrons. The normalized spacial score (nSPS) is 13.3. The highest BCUT2D eigenvalue weighted by molar-refractivity contribution is 7.25. The fourth-order valence-electron chi connectivity index (χ4n) is 1.99. The van der Waals surface area contributed by atoms with Gasteiger partial charge < -0.3 is 14.6 Å². The lowest BCUT2D eigenvalue weighted by Gasteiger charge is -2.31. The van der Waals surface area contributed by atoms with Crippen LogP contribution in [0.15, 0.2) is 30.3 Å². The van der Waals surface area contributed by atoms with Crippen molar-refractivity contribution in [3.8, 4) is 0 Å². The van der Waals surface area contributed by atoms with Gasteiger partial charge in [0.1, 0.15) is 5.92 Å². The summed E-state index contributed by atoms with van der Waals surface area (Å²) in [6.45, 7) is 3.85. The fourth-order valence-corrected chi connectivity index (χ4v) is 2.69. The van der Waals surface area contributed by atoms with Crippen molar-refractivity contribution >= 4 is 14.4 Å². The Labute approximate surface area is 120 Å². The number of carboxylic acids is 1. The monoisotopic (exact) mass is 298 g/mol. The van der Waals surface area contributed by atoms with Crippen molar-refractivity contribution in [1.82, 2.24) is 0 Å². The summed E-state index contributed by atoms with van der Waals surface area (Å²) in [6, 6.07) is 9.14. The number of rotatable bonds is 9. The summed E-state index contributed by atoms with van der Waals surface area (Å²) in [6.07, 6.45) is 0.186. The summed E-state index contributed by atoms with van der Waals surface area (Å²) in [5.74, 6) is -2.15. The van der Waals surface area contributed by atoms with Crippen molar-refractivity contribution in [2.75, 3.05) is 13.2 Å². The summed E-state index contributed by atoms with van der Waals surface area (Å²) >= 11 is 0. The Bertz CT molecular complexity index is 428. The second-order valence-corrected chi connectivity index (χ2v) is 4.97. The average molecular weight is 298 g/mol. The van der Waals surface area contributed by atoms with Crippen molar-refractivity contribution < 1.29 is 23.9 Å². The molecule has 0 fully saturated rings. The summed E-state index contributed by atoms with van der Waals surface area (Å²) in [5.41, 5.74) is -0.821. The average Bonchev–Trinajstić information content (AvgIpc) is 2.45. The maximum atomic E-state index is 11.6. The number of aliphatic carboxylic acids is 1. The van der Waals surface area contributed by atoms with Crippen molar-refractivity contribution in [2.45, 2.75) is 25.8 Å². The van der Waals surface area contributed by atoms with Crippen LogP contribution >= 0.6 is 8.46 Å². The maximum absolute atomic E-state index is 11.6. The van der Waals surface area contributed by atoms with Gasteiger partial charge in [-0.15, -0.1) is 0 Å². The molecule has 5 nitrogen and oxygen atoms in total. The van der Waals surface area contributed by atoms with Gasteiger partial charge in [-0.05, 0) is 25.8 Å². The second kappa shape index (κ2) is 8.10. The van der Waals surface area contributed by atoms with Crippen LogP contribution in [-0.2, 0) is 25.3 Å². The van der Waals surface area contributed by atoms with Crippen molar-refractivity contribution in [3.63, 3.8) is 0 Å². The van der Waals surface area contributed by atoms with Gasteiger partial charge in [0, 0.05) is 13.2 Å². The van der Waals surface area contributed by atoms with Gasteiger partial charge in [-0.1, -0.05) is 30.3 Å². The van der Waals surface area contributed by atoms with Gasteiger partial charge in [0.05, 0.1) is 0 Å². The fraction of sp³-hybridized carbons (Fsp3) is 0.500. The predicted molar refractivity (Wildman–Crippen MR) is 74.9 cm³/mol. The van der Waals surface area contributed by atoms with Crippen LogP contribution in [0.3, 0.4) is 0 Å². The first-order valence-electron chi connectivity index (χ1n) is 6.48. The number of ether oxygens (including phenoxy) is 2. The molecule has 0 amide bonds. The molecule has 0 bridgehead atoms. The van der Waals surface area contributed by atoms with E-state index in [0.29, 0.717) is 0 Å². The Balaban J connectivity index is 3.07. The van der Waals surface area contributed by atoms with Crippen LogP contribution < -0.4 is 0 Å². The molecule has 1 unspecified atom stereocenters. The molecule has 1 atom stereocenters. The summed E-state index contributed by atoms with van der Waals surface area (Å²) in [7, 11) is -0.485. The lowest BCUT2D eigenvalue weighted by Crippen LogP contribution is -2.44. The highest BCUT2D eigenvalue weighted by atomic mass is 31.1. The third-order valence-corrected chi connectivity index (χ3v) is 3.67. The van der Waals surface area contributed by atoms with Crippen molar-refractivity contribution in [3.05, 3.63) is 35.9 Å². The van der Waals surface area contributed by atoms with E-state index < -0.39 is 25.9 Å². The third kappa shape index (κ3) is 4.10. The van der Waals surface area contributed by atoms with Gasteiger partial charge in [0.15, 0.2) is 0 Å². The predicted octanol–water partition coefficient (Wildman–Crippen LogP) is 2.95. The Kier molecular flexibility index (Phi) is 6.79. The standard InChI is InChI=1S/C14H19O5P/c1-3-18-14(20-17,19-4-2)12(13(15)16)10-11-8-6-5-7-9-11/h5-9,12H,3-4,10H2,1-2H3,(H,15,16). The second-order valence-electron chi connectivity index (χ2n) is 4.17. The molecule has 1 N–H and O–H groups in total. The minimum absolute atomic E-state index is 0.186. The zero-order valence-corrected chi connectivity index (χ0v) is 12.5. The number of hydrogen-bond acceptors (Lipinski definition) is 4. The smallest absolute Gasteiger partial charge is 0.313 e. The Morgan fingerprint density at radius 1 is 1.25 bits per heavy atom. The van der Waals surface area contributed by atoms with Crippen molar-refractivity contribution in [1.29, 1.82) is 0 Å². The van der Waals surface area contributed by atoms with E-state index in [-0.39, 0.29) is 19.6 Å². The molecule has 0 heterocycles. The number of carbonyl (C=O) groups is 1. The van der Waals surface area contributed by atoms with Crippen LogP contribution in [0.2, 0.25) is 0 Å². The maximum Gasteiger partial charge on any atom is 0.313 e. The van der Waals surface area contributed by atoms with E-state index in [9.17, 15) is 14.5 Å². The molecular weight excluding hydrogens is 279 g/mol. The number of carboxylic acid groups (broad SMARTS) is 1. The third-order valence-electron chi connectivity index (χ3n) is 2.85. The molecule has 1 aromatic carbocycles. The van der Waals surface area contributed by atoms with E-state index >= 15 is 0 Å². The Hall–Kier alpha value is -1.29. The lowest BCUT2D eigenvalue weighted by atomic mass is 9.98. The molecule has 1 aromatic rings.